The van der Waals surface area contributed by atoms with Crippen LogP contribution in [0.2, 0.25) is 0 Å². The number of esters is 1. The van der Waals surface area contributed by atoms with E-state index in [1.165, 1.54) is 7.11 Å². The van der Waals surface area contributed by atoms with E-state index in [-0.39, 0.29) is 24.5 Å². The molecule has 0 aliphatic carbocycles. The molecule has 3 unspecified atom stereocenters. The largest absolute Gasteiger partial charge is 0.468 e. The summed E-state index contributed by atoms with van der Waals surface area (Å²) in [7, 11) is 1.29. The minimum absolute atomic E-state index is 0.0171. The number of rotatable bonds is 5. The number of ether oxygens (including phenoxy) is 2. The molecule has 1 heterocycles. The van der Waals surface area contributed by atoms with E-state index >= 15 is 0 Å². The summed E-state index contributed by atoms with van der Waals surface area (Å²) < 4.78 is 9.94. The molecular weight excluding hydrogens is 210 g/mol. The molecule has 3 atom stereocenters. The van der Waals surface area contributed by atoms with Gasteiger partial charge >= 0.3 is 5.97 Å². The van der Waals surface area contributed by atoms with Crippen LogP contribution in [-0.4, -0.2) is 44.2 Å². The van der Waals surface area contributed by atoms with Crippen molar-refractivity contribution < 1.29 is 19.1 Å². The van der Waals surface area contributed by atoms with Gasteiger partial charge in [0.05, 0.1) is 13.2 Å². The molecule has 1 saturated heterocycles. The summed E-state index contributed by atoms with van der Waals surface area (Å²) in [6.07, 6.45) is 0.285. The fourth-order valence-electron chi connectivity index (χ4n) is 1.98. The zero-order valence-electron chi connectivity index (χ0n) is 9.99. The standard InChI is InChI=1S/C11H19NO4/c1-4-12-7(2)5-9-10(11(14)15-3)8(13)6-16-9/h7,9-10,12H,4-6H2,1-3H3. The van der Waals surface area contributed by atoms with Crippen molar-refractivity contribution in [2.24, 2.45) is 5.92 Å². The van der Waals surface area contributed by atoms with Gasteiger partial charge in [0, 0.05) is 6.04 Å². The second-order valence-electron chi connectivity index (χ2n) is 4.01. The number of carbonyl (C=O) groups is 2. The Balaban J connectivity index is 2.58. The van der Waals surface area contributed by atoms with Gasteiger partial charge in [-0.05, 0) is 19.9 Å². The van der Waals surface area contributed by atoms with Gasteiger partial charge in [0.25, 0.3) is 0 Å². The number of hydrogen-bond acceptors (Lipinski definition) is 5. The molecule has 1 aliphatic heterocycles. The second-order valence-corrected chi connectivity index (χ2v) is 4.01. The summed E-state index contributed by atoms with van der Waals surface area (Å²) in [6.45, 7) is 4.88. The van der Waals surface area contributed by atoms with E-state index in [0.717, 1.165) is 6.54 Å². The van der Waals surface area contributed by atoms with E-state index in [2.05, 4.69) is 10.1 Å². The zero-order chi connectivity index (χ0) is 12.1. The maximum absolute atomic E-state index is 11.5. The van der Waals surface area contributed by atoms with Gasteiger partial charge in [-0.15, -0.1) is 0 Å². The molecule has 1 aliphatic rings. The third kappa shape index (κ3) is 3.02. The van der Waals surface area contributed by atoms with Gasteiger partial charge in [0.1, 0.15) is 12.5 Å². The fourth-order valence-corrected chi connectivity index (χ4v) is 1.98. The Morgan fingerprint density at radius 1 is 1.69 bits per heavy atom. The van der Waals surface area contributed by atoms with Gasteiger partial charge in [-0.3, -0.25) is 9.59 Å². The van der Waals surface area contributed by atoms with Gasteiger partial charge in [-0.2, -0.15) is 0 Å². The van der Waals surface area contributed by atoms with Gasteiger partial charge in [0.15, 0.2) is 5.78 Å². The van der Waals surface area contributed by atoms with E-state index < -0.39 is 11.9 Å². The van der Waals surface area contributed by atoms with E-state index in [0.29, 0.717) is 6.42 Å². The van der Waals surface area contributed by atoms with Crippen LogP contribution >= 0.6 is 0 Å². The zero-order valence-corrected chi connectivity index (χ0v) is 9.99. The third-order valence-corrected chi connectivity index (χ3v) is 2.75. The molecule has 0 aromatic rings. The number of hydrogen-bond donors (Lipinski definition) is 1. The fraction of sp³-hybridized carbons (Fsp3) is 0.818. The van der Waals surface area contributed by atoms with Crippen LogP contribution in [0.15, 0.2) is 0 Å². The average Bonchev–Trinajstić information content (AvgIpc) is 2.59. The van der Waals surface area contributed by atoms with E-state index in [4.69, 9.17) is 4.74 Å². The Morgan fingerprint density at radius 2 is 2.38 bits per heavy atom. The molecule has 0 spiro atoms. The molecule has 16 heavy (non-hydrogen) atoms. The number of nitrogens with one attached hydrogen (secondary N) is 1. The molecule has 5 nitrogen and oxygen atoms in total. The summed E-state index contributed by atoms with van der Waals surface area (Å²) in [5.41, 5.74) is 0. The van der Waals surface area contributed by atoms with E-state index in [1.807, 2.05) is 13.8 Å². The van der Waals surface area contributed by atoms with Gasteiger partial charge in [-0.25, -0.2) is 0 Å². The highest BCUT2D eigenvalue weighted by molar-refractivity contribution is 6.01. The van der Waals surface area contributed by atoms with E-state index in [9.17, 15) is 9.59 Å². The van der Waals surface area contributed by atoms with Crippen molar-refractivity contribution in [3.05, 3.63) is 0 Å². The Labute approximate surface area is 95.5 Å². The highest BCUT2D eigenvalue weighted by atomic mass is 16.5. The Morgan fingerprint density at radius 3 is 2.94 bits per heavy atom. The van der Waals surface area contributed by atoms with Crippen LogP contribution < -0.4 is 5.32 Å². The van der Waals surface area contributed by atoms with Crippen LogP contribution in [0, 0.1) is 5.92 Å². The summed E-state index contributed by atoms with van der Waals surface area (Å²) in [5.74, 6) is -1.41. The molecule has 1 N–H and O–H groups in total. The Hall–Kier alpha value is -0.940. The molecule has 0 amide bonds. The van der Waals surface area contributed by atoms with Crippen molar-refractivity contribution in [3.63, 3.8) is 0 Å². The number of ketones is 1. The lowest BCUT2D eigenvalue weighted by Crippen LogP contribution is -2.36. The minimum atomic E-state index is -0.744. The first-order valence-corrected chi connectivity index (χ1v) is 5.55. The Bertz CT molecular complexity index is 267. The van der Waals surface area contributed by atoms with Gasteiger partial charge in [-0.1, -0.05) is 6.92 Å². The van der Waals surface area contributed by atoms with Crippen molar-refractivity contribution in [2.75, 3.05) is 20.3 Å². The lowest BCUT2D eigenvalue weighted by molar-refractivity contribution is -0.149. The number of carbonyl (C=O) groups excluding carboxylic acids is 2. The number of Topliss-reactive ketones (excluding diaryl/α,β-unsaturated/α-hetero) is 1. The predicted molar refractivity (Wildman–Crippen MR) is 58.0 cm³/mol. The molecule has 0 bridgehead atoms. The highest BCUT2D eigenvalue weighted by Gasteiger charge is 2.42. The summed E-state index contributed by atoms with van der Waals surface area (Å²) >= 11 is 0. The van der Waals surface area contributed by atoms with E-state index in [1.54, 1.807) is 0 Å². The molecule has 92 valence electrons. The summed E-state index contributed by atoms with van der Waals surface area (Å²) in [4.78, 5) is 22.9. The van der Waals surface area contributed by atoms with Crippen molar-refractivity contribution in [2.45, 2.75) is 32.4 Å². The van der Waals surface area contributed by atoms with Crippen molar-refractivity contribution in [1.29, 1.82) is 0 Å². The summed E-state index contributed by atoms with van der Waals surface area (Å²) in [6, 6.07) is 0.216. The molecule has 0 saturated carbocycles. The lowest BCUT2D eigenvalue weighted by Gasteiger charge is -2.19. The lowest BCUT2D eigenvalue weighted by atomic mass is 9.95. The smallest absolute Gasteiger partial charge is 0.318 e. The van der Waals surface area contributed by atoms with Crippen molar-refractivity contribution in [3.8, 4) is 0 Å². The second kappa shape index (κ2) is 5.96. The first kappa shape index (κ1) is 13.1. The van der Waals surface area contributed by atoms with Crippen LogP contribution in [0.3, 0.4) is 0 Å². The maximum atomic E-state index is 11.5. The van der Waals surface area contributed by atoms with Crippen LogP contribution in [0.4, 0.5) is 0 Å². The third-order valence-electron chi connectivity index (χ3n) is 2.75. The molecule has 5 heteroatoms. The maximum Gasteiger partial charge on any atom is 0.318 e. The first-order valence-electron chi connectivity index (χ1n) is 5.55. The van der Waals surface area contributed by atoms with Crippen LogP contribution in [-0.2, 0) is 19.1 Å². The molecule has 0 radical (unpaired) electrons. The van der Waals surface area contributed by atoms with Crippen LogP contribution in [0.25, 0.3) is 0 Å². The SMILES string of the molecule is CCNC(C)CC1OCC(=O)C1C(=O)OC. The molecular formula is C11H19NO4. The van der Waals surface area contributed by atoms with Crippen molar-refractivity contribution >= 4 is 11.8 Å². The average molecular weight is 229 g/mol. The number of methoxy groups -OCH3 is 1. The molecule has 0 aromatic carbocycles. The molecule has 0 aromatic heterocycles. The molecule has 1 rings (SSSR count). The monoisotopic (exact) mass is 229 g/mol. The van der Waals surface area contributed by atoms with Gasteiger partial charge < -0.3 is 14.8 Å². The topological polar surface area (TPSA) is 64.6 Å². The van der Waals surface area contributed by atoms with Crippen LogP contribution in [0.5, 0.6) is 0 Å². The van der Waals surface area contributed by atoms with Crippen LogP contribution in [0.1, 0.15) is 20.3 Å². The predicted octanol–water partition coefficient (Wildman–Crippen LogP) is 0.132. The quantitative estimate of drug-likeness (QED) is 0.536. The minimum Gasteiger partial charge on any atom is -0.468 e. The Kier molecular flexibility index (Phi) is 4.89. The normalized spacial score (nSPS) is 26.8. The molecule has 1 fully saturated rings. The summed E-state index contributed by atoms with van der Waals surface area (Å²) in [5, 5.41) is 3.22. The van der Waals surface area contributed by atoms with Gasteiger partial charge in [0.2, 0.25) is 0 Å². The first-order chi connectivity index (χ1) is 7.60. The van der Waals surface area contributed by atoms with Crippen molar-refractivity contribution in [1.82, 2.24) is 5.32 Å². The highest BCUT2D eigenvalue weighted by Crippen LogP contribution is 2.23.